The maximum absolute atomic E-state index is 12.0. The Labute approximate surface area is 89.2 Å². The highest BCUT2D eigenvalue weighted by atomic mass is 16.5. The number of amides is 1. The third-order valence-corrected chi connectivity index (χ3v) is 3.31. The van der Waals surface area contributed by atoms with Crippen LogP contribution in [0, 0.1) is 5.92 Å². The largest absolute Gasteiger partial charge is 0.396 e. The van der Waals surface area contributed by atoms with E-state index in [0.29, 0.717) is 39.1 Å². The molecule has 0 atom stereocenters. The zero-order chi connectivity index (χ0) is 10.9. The average molecular weight is 214 g/mol. The van der Waals surface area contributed by atoms with Crippen LogP contribution in [0.15, 0.2) is 0 Å². The van der Waals surface area contributed by atoms with Gasteiger partial charge in [0.1, 0.15) is 0 Å². The summed E-state index contributed by atoms with van der Waals surface area (Å²) in [6.45, 7) is 2.59. The summed E-state index contributed by atoms with van der Waals surface area (Å²) >= 11 is 0. The predicted molar refractivity (Wildman–Crippen MR) is 54.1 cm³/mol. The summed E-state index contributed by atoms with van der Waals surface area (Å²) in [6, 6.07) is 0. The number of likely N-dealkylation sites (tertiary alicyclic amines) is 1. The van der Waals surface area contributed by atoms with Gasteiger partial charge in [0.15, 0.2) is 0 Å². The number of carbonyl (C=O) groups excluding carboxylic acids is 1. The van der Waals surface area contributed by atoms with Crippen molar-refractivity contribution in [2.24, 2.45) is 11.7 Å². The SMILES string of the molecule is NC1(C(=O)N2CC(CO)C2)CCOCC1. The third kappa shape index (κ3) is 2.00. The third-order valence-electron chi connectivity index (χ3n) is 3.31. The Bertz CT molecular complexity index is 245. The monoisotopic (exact) mass is 214 g/mol. The lowest BCUT2D eigenvalue weighted by Gasteiger charge is -2.44. The standard InChI is InChI=1S/C10H18N2O3/c11-10(1-3-15-4-2-10)9(14)12-5-8(6-12)7-13/h8,13H,1-7,11H2. The molecule has 1 amide bonds. The second-order valence-electron chi connectivity index (χ2n) is 4.53. The van der Waals surface area contributed by atoms with E-state index in [9.17, 15) is 4.79 Å². The number of nitrogens with two attached hydrogens (primary N) is 1. The first-order chi connectivity index (χ1) is 7.15. The molecule has 2 saturated heterocycles. The highest BCUT2D eigenvalue weighted by Gasteiger charge is 2.42. The molecule has 2 aliphatic heterocycles. The molecule has 0 aliphatic carbocycles. The van der Waals surface area contributed by atoms with Gasteiger partial charge in [0.05, 0.1) is 5.54 Å². The number of aliphatic hydroxyl groups is 1. The van der Waals surface area contributed by atoms with Crippen molar-refractivity contribution < 1.29 is 14.6 Å². The molecular weight excluding hydrogens is 196 g/mol. The lowest BCUT2D eigenvalue weighted by atomic mass is 9.87. The first-order valence-corrected chi connectivity index (χ1v) is 5.42. The quantitative estimate of drug-likeness (QED) is 0.614. The van der Waals surface area contributed by atoms with Crippen molar-refractivity contribution in [3.8, 4) is 0 Å². The maximum atomic E-state index is 12.0. The molecule has 2 heterocycles. The summed E-state index contributed by atoms with van der Waals surface area (Å²) < 4.78 is 5.20. The first-order valence-electron chi connectivity index (χ1n) is 5.42. The lowest BCUT2D eigenvalue weighted by Crippen LogP contribution is -2.63. The normalized spacial score (nSPS) is 26.1. The highest BCUT2D eigenvalue weighted by Crippen LogP contribution is 2.25. The van der Waals surface area contributed by atoms with Crippen molar-refractivity contribution in [2.75, 3.05) is 32.9 Å². The Morgan fingerprint density at radius 3 is 2.60 bits per heavy atom. The van der Waals surface area contributed by atoms with Crippen molar-refractivity contribution in [3.05, 3.63) is 0 Å². The Morgan fingerprint density at radius 2 is 2.07 bits per heavy atom. The van der Waals surface area contributed by atoms with E-state index >= 15 is 0 Å². The Balaban J connectivity index is 1.90. The summed E-state index contributed by atoms with van der Waals surface area (Å²) in [7, 11) is 0. The minimum Gasteiger partial charge on any atom is -0.396 e. The Hall–Kier alpha value is -0.650. The molecule has 0 aromatic heterocycles. The topological polar surface area (TPSA) is 75.8 Å². The predicted octanol–water partition coefficient (Wildman–Crippen LogP) is -1.05. The van der Waals surface area contributed by atoms with Crippen molar-refractivity contribution in [2.45, 2.75) is 18.4 Å². The number of nitrogens with zero attached hydrogens (tertiary/aromatic N) is 1. The van der Waals surface area contributed by atoms with Crippen molar-refractivity contribution >= 4 is 5.91 Å². The van der Waals surface area contributed by atoms with Gasteiger partial charge in [-0.25, -0.2) is 0 Å². The Kier molecular flexibility index (Phi) is 2.95. The van der Waals surface area contributed by atoms with Gasteiger partial charge in [-0.2, -0.15) is 0 Å². The van der Waals surface area contributed by atoms with Crippen LogP contribution in [0.2, 0.25) is 0 Å². The molecule has 0 saturated carbocycles. The first kappa shape index (κ1) is 10.9. The summed E-state index contributed by atoms with van der Waals surface area (Å²) in [5, 5.41) is 8.87. The second kappa shape index (κ2) is 4.08. The average Bonchev–Trinajstić information content (AvgIpc) is 2.17. The number of ether oxygens (including phenoxy) is 1. The number of hydrogen-bond acceptors (Lipinski definition) is 4. The number of rotatable bonds is 2. The molecule has 0 radical (unpaired) electrons. The van der Waals surface area contributed by atoms with Crippen LogP contribution >= 0.6 is 0 Å². The van der Waals surface area contributed by atoms with Gasteiger partial charge >= 0.3 is 0 Å². The van der Waals surface area contributed by atoms with Crippen LogP contribution in [0.4, 0.5) is 0 Å². The van der Waals surface area contributed by atoms with Gasteiger partial charge in [0.25, 0.3) is 0 Å². The number of carbonyl (C=O) groups is 1. The molecule has 0 bridgehead atoms. The smallest absolute Gasteiger partial charge is 0.242 e. The molecule has 0 aromatic rings. The molecule has 0 aromatic carbocycles. The molecule has 2 rings (SSSR count). The zero-order valence-electron chi connectivity index (χ0n) is 8.82. The fraction of sp³-hybridized carbons (Fsp3) is 0.900. The van der Waals surface area contributed by atoms with E-state index in [-0.39, 0.29) is 18.4 Å². The molecular formula is C10H18N2O3. The molecule has 3 N–H and O–H groups in total. The van der Waals surface area contributed by atoms with Gasteiger partial charge < -0.3 is 20.5 Å². The van der Waals surface area contributed by atoms with Crippen LogP contribution in [0.3, 0.4) is 0 Å². The summed E-state index contributed by atoms with van der Waals surface area (Å²) in [5.74, 6) is 0.271. The molecule has 5 heteroatoms. The molecule has 5 nitrogen and oxygen atoms in total. The minimum absolute atomic E-state index is 0.0236. The van der Waals surface area contributed by atoms with E-state index in [4.69, 9.17) is 15.6 Å². The van der Waals surface area contributed by atoms with E-state index in [1.54, 1.807) is 4.90 Å². The van der Waals surface area contributed by atoms with Gasteiger partial charge in [-0.1, -0.05) is 0 Å². The van der Waals surface area contributed by atoms with E-state index in [2.05, 4.69) is 0 Å². The van der Waals surface area contributed by atoms with Gasteiger partial charge in [-0.15, -0.1) is 0 Å². The van der Waals surface area contributed by atoms with E-state index in [0.717, 1.165) is 0 Å². The van der Waals surface area contributed by atoms with Gasteiger partial charge in [-0.05, 0) is 12.8 Å². The van der Waals surface area contributed by atoms with Crippen LogP contribution < -0.4 is 5.73 Å². The van der Waals surface area contributed by atoms with Crippen LogP contribution in [-0.2, 0) is 9.53 Å². The van der Waals surface area contributed by atoms with Gasteiger partial charge in [0.2, 0.25) is 5.91 Å². The number of hydrogen-bond donors (Lipinski definition) is 2. The van der Waals surface area contributed by atoms with E-state index in [1.807, 2.05) is 0 Å². The Morgan fingerprint density at radius 1 is 1.47 bits per heavy atom. The summed E-state index contributed by atoms with van der Waals surface area (Å²) in [4.78, 5) is 13.8. The van der Waals surface area contributed by atoms with Crippen molar-refractivity contribution in [3.63, 3.8) is 0 Å². The zero-order valence-corrected chi connectivity index (χ0v) is 8.82. The second-order valence-corrected chi connectivity index (χ2v) is 4.53. The van der Waals surface area contributed by atoms with Crippen molar-refractivity contribution in [1.29, 1.82) is 0 Å². The van der Waals surface area contributed by atoms with Crippen molar-refractivity contribution in [1.82, 2.24) is 4.90 Å². The number of aliphatic hydroxyl groups excluding tert-OH is 1. The molecule has 86 valence electrons. The van der Waals surface area contributed by atoms with Crippen LogP contribution in [-0.4, -0.2) is 54.4 Å². The molecule has 0 unspecified atom stereocenters. The lowest BCUT2D eigenvalue weighted by molar-refractivity contribution is -0.148. The minimum atomic E-state index is -0.724. The van der Waals surface area contributed by atoms with Crippen LogP contribution in [0.25, 0.3) is 0 Å². The summed E-state index contributed by atoms with van der Waals surface area (Å²) in [5.41, 5.74) is 5.34. The highest BCUT2D eigenvalue weighted by molar-refractivity contribution is 5.86. The molecule has 15 heavy (non-hydrogen) atoms. The van der Waals surface area contributed by atoms with E-state index in [1.165, 1.54) is 0 Å². The van der Waals surface area contributed by atoms with E-state index < -0.39 is 5.54 Å². The molecule has 0 spiro atoms. The molecule has 2 aliphatic rings. The fourth-order valence-electron chi connectivity index (χ4n) is 2.12. The fourth-order valence-corrected chi connectivity index (χ4v) is 2.12. The van der Waals surface area contributed by atoms with Gasteiger partial charge in [-0.3, -0.25) is 4.79 Å². The summed E-state index contributed by atoms with van der Waals surface area (Å²) in [6.07, 6.45) is 1.21. The van der Waals surface area contributed by atoms with Crippen LogP contribution in [0.1, 0.15) is 12.8 Å². The maximum Gasteiger partial charge on any atom is 0.242 e. The van der Waals surface area contributed by atoms with Gasteiger partial charge in [0, 0.05) is 38.8 Å². The molecule has 2 fully saturated rings. The van der Waals surface area contributed by atoms with Crippen LogP contribution in [0.5, 0.6) is 0 Å².